The van der Waals surface area contributed by atoms with Crippen molar-refractivity contribution in [3.8, 4) is 16.8 Å². The Hall–Kier alpha value is -6.25. The van der Waals surface area contributed by atoms with Crippen LogP contribution in [0.25, 0.3) is 58.8 Å². The maximum Gasteiger partial charge on any atom is 0.195 e. The van der Waals surface area contributed by atoms with Gasteiger partial charge in [-0.3, -0.25) is 4.79 Å². The number of nitrogens with zero attached hydrogens (tertiary/aromatic N) is 2. The van der Waals surface area contributed by atoms with Gasteiger partial charge in [0.1, 0.15) is 0 Å². The molecule has 264 valence electrons. The molecular weight excluding hydrogens is 745 g/mol. The van der Waals surface area contributed by atoms with E-state index < -0.39 is 10.8 Å². The lowest BCUT2D eigenvalue weighted by molar-refractivity contribution is 0.103. The number of benzene rings is 8. The van der Waals surface area contributed by atoms with Crippen LogP contribution in [0, 0.1) is 0 Å². The zero-order valence-corrected chi connectivity index (χ0v) is 32.1. The van der Waals surface area contributed by atoms with Crippen LogP contribution in [0.4, 0.5) is 17.1 Å². The molecule has 12 rings (SSSR count). The van der Waals surface area contributed by atoms with E-state index in [0.717, 1.165) is 38.6 Å². The lowest BCUT2D eigenvalue weighted by Crippen LogP contribution is -2.16. The molecule has 0 saturated carbocycles. The van der Waals surface area contributed by atoms with E-state index >= 15 is 0 Å². The zero-order chi connectivity index (χ0) is 37.1. The summed E-state index contributed by atoms with van der Waals surface area (Å²) in [6.45, 7) is 0. The van der Waals surface area contributed by atoms with Crippen LogP contribution in [0.15, 0.2) is 189 Å². The number of carbonyl (C=O) groups is 1. The van der Waals surface area contributed by atoms with Crippen LogP contribution in [0.1, 0.15) is 15.9 Å². The molecule has 0 aliphatic carbocycles. The van der Waals surface area contributed by atoms with Crippen LogP contribution in [-0.2, 0) is 10.8 Å². The Morgan fingerprint density at radius 3 is 2.07 bits per heavy atom. The summed E-state index contributed by atoms with van der Waals surface area (Å²) < 4.78 is 18.3. The second-order valence-corrected chi connectivity index (χ2v) is 17.7. The Kier molecular flexibility index (Phi) is 6.94. The fourth-order valence-electron chi connectivity index (χ4n) is 8.66. The summed E-state index contributed by atoms with van der Waals surface area (Å²) in [4.78, 5) is 19.8. The predicted molar refractivity (Wildman–Crippen MR) is 232 cm³/mol. The van der Waals surface area contributed by atoms with Crippen LogP contribution in [-0.4, -0.2) is 14.6 Å². The lowest BCUT2D eigenvalue weighted by atomic mass is 9.96. The molecule has 7 heteroatoms. The van der Waals surface area contributed by atoms with E-state index in [1.807, 2.05) is 42.1 Å². The van der Waals surface area contributed by atoms with Crippen LogP contribution >= 0.6 is 23.1 Å². The number of thiophene rings is 1. The molecule has 0 fully saturated rings. The summed E-state index contributed by atoms with van der Waals surface area (Å²) >= 11 is 3.62. The number of anilines is 3. The molecule has 8 aromatic carbocycles. The minimum atomic E-state index is -1.41. The fraction of sp³-hybridized carbons (Fsp3) is 0. The second-order valence-electron chi connectivity index (χ2n) is 14.2. The SMILES string of the molecule is O=C1c2ccccc2S(=O)c2ccc(-c3cccc4c3sc3c(N5c6ccccc6Sc6cc7c(cc65)c5ccccc5n7-c5ccccc5)cccc34)cc21. The van der Waals surface area contributed by atoms with Crippen molar-refractivity contribution >= 4 is 98.7 Å². The molecule has 0 amide bonds. The number of hydrogen-bond acceptors (Lipinski definition) is 5. The van der Waals surface area contributed by atoms with Gasteiger partial charge in [0, 0.05) is 52.9 Å². The Morgan fingerprint density at radius 2 is 1.16 bits per heavy atom. The Balaban J connectivity index is 1.07. The third-order valence-corrected chi connectivity index (χ3v) is 15.0. The van der Waals surface area contributed by atoms with Gasteiger partial charge in [-0.05, 0) is 83.9 Å². The number of rotatable bonds is 3. The van der Waals surface area contributed by atoms with Crippen LogP contribution in [0.2, 0.25) is 0 Å². The van der Waals surface area contributed by atoms with Crippen molar-refractivity contribution in [3.05, 3.63) is 181 Å². The molecular formula is C49H28N2O2S3. The average Bonchev–Trinajstić information content (AvgIpc) is 3.80. The van der Waals surface area contributed by atoms with Gasteiger partial charge in [-0.2, -0.15) is 0 Å². The smallest absolute Gasteiger partial charge is 0.195 e. The topological polar surface area (TPSA) is 42.3 Å². The van der Waals surface area contributed by atoms with Gasteiger partial charge < -0.3 is 9.47 Å². The molecule has 2 aliphatic rings. The van der Waals surface area contributed by atoms with Gasteiger partial charge in [0.2, 0.25) is 0 Å². The number of ketones is 1. The van der Waals surface area contributed by atoms with Crippen molar-refractivity contribution in [2.24, 2.45) is 0 Å². The highest BCUT2D eigenvalue weighted by Crippen LogP contribution is 2.56. The number of para-hydroxylation sites is 3. The monoisotopic (exact) mass is 772 g/mol. The summed E-state index contributed by atoms with van der Waals surface area (Å²) in [5.41, 5.74) is 9.97. The molecule has 0 bridgehead atoms. The second kappa shape index (κ2) is 12.1. The van der Waals surface area contributed by atoms with Crippen molar-refractivity contribution in [1.82, 2.24) is 4.57 Å². The number of carbonyl (C=O) groups excluding carboxylic acids is 1. The molecule has 4 nitrogen and oxygen atoms in total. The van der Waals surface area contributed by atoms with E-state index in [1.165, 1.54) is 47.1 Å². The van der Waals surface area contributed by atoms with Crippen molar-refractivity contribution < 1.29 is 9.00 Å². The van der Waals surface area contributed by atoms with Gasteiger partial charge in [-0.1, -0.05) is 109 Å². The maximum atomic E-state index is 13.7. The molecule has 1 atom stereocenters. The number of aromatic nitrogens is 1. The first-order valence-corrected chi connectivity index (χ1v) is 21.2. The predicted octanol–water partition coefficient (Wildman–Crippen LogP) is 13.5. The molecule has 0 N–H and O–H groups in total. The fourth-order valence-corrected chi connectivity index (χ4v) is 12.4. The summed E-state index contributed by atoms with van der Waals surface area (Å²) in [5.74, 6) is -0.0795. The molecule has 10 aromatic rings. The van der Waals surface area contributed by atoms with Crippen molar-refractivity contribution in [3.63, 3.8) is 0 Å². The first-order chi connectivity index (χ1) is 27.6. The van der Waals surface area contributed by atoms with Gasteiger partial charge in [-0.15, -0.1) is 11.3 Å². The Morgan fingerprint density at radius 1 is 0.464 bits per heavy atom. The summed E-state index contributed by atoms with van der Waals surface area (Å²) in [6, 6.07) is 58.9. The van der Waals surface area contributed by atoms with E-state index in [4.69, 9.17) is 0 Å². The molecule has 4 heterocycles. The quantitative estimate of drug-likeness (QED) is 0.179. The first-order valence-electron chi connectivity index (χ1n) is 18.5. The van der Waals surface area contributed by atoms with E-state index in [9.17, 15) is 9.00 Å². The van der Waals surface area contributed by atoms with Gasteiger partial charge in [-0.25, -0.2) is 4.21 Å². The van der Waals surface area contributed by atoms with Crippen LogP contribution in [0.5, 0.6) is 0 Å². The number of fused-ring (bicyclic) bond motifs is 10. The summed E-state index contributed by atoms with van der Waals surface area (Å²) in [6.07, 6.45) is 0. The molecule has 56 heavy (non-hydrogen) atoms. The Labute approximate surface area is 332 Å². The van der Waals surface area contributed by atoms with Gasteiger partial charge in [0.15, 0.2) is 5.78 Å². The molecule has 1 unspecified atom stereocenters. The third kappa shape index (κ3) is 4.53. The van der Waals surface area contributed by atoms with E-state index in [-0.39, 0.29) is 5.78 Å². The normalized spacial score (nSPS) is 14.6. The zero-order valence-electron chi connectivity index (χ0n) is 29.6. The van der Waals surface area contributed by atoms with Crippen molar-refractivity contribution in [1.29, 1.82) is 0 Å². The third-order valence-electron chi connectivity index (χ3n) is 11.1. The van der Waals surface area contributed by atoms with Gasteiger partial charge >= 0.3 is 0 Å². The van der Waals surface area contributed by atoms with Crippen LogP contribution < -0.4 is 4.90 Å². The van der Waals surface area contributed by atoms with Gasteiger partial charge in [0.25, 0.3) is 0 Å². The van der Waals surface area contributed by atoms with Gasteiger partial charge in [0.05, 0.1) is 53.4 Å². The van der Waals surface area contributed by atoms with Crippen molar-refractivity contribution in [2.45, 2.75) is 19.6 Å². The highest BCUT2D eigenvalue weighted by atomic mass is 32.2. The molecule has 0 radical (unpaired) electrons. The minimum absolute atomic E-state index is 0.0795. The highest BCUT2D eigenvalue weighted by Gasteiger charge is 2.31. The summed E-state index contributed by atoms with van der Waals surface area (Å²) in [7, 11) is -1.41. The van der Waals surface area contributed by atoms with E-state index in [0.29, 0.717) is 20.9 Å². The first kappa shape index (κ1) is 32.0. The maximum absolute atomic E-state index is 13.7. The molecule has 0 spiro atoms. The minimum Gasteiger partial charge on any atom is -0.309 e. The lowest BCUT2D eigenvalue weighted by Gasteiger charge is -2.33. The van der Waals surface area contributed by atoms with Crippen molar-refractivity contribution in [2.75, 3.05) is 4.90 Å². The Bertz CT molecular complexity index is 3340. The standard InChI is InChI=1S/C49H28N2O2S3/c52-47-35-15-5-9-23-45(35)56(53)46-25-24-29(26-37(46)47)31-16-10-17-33-34-18-11-21-40(49(34)55-48(31)33)51-39-20-7-8-22-43(39)54-44-28-41-36(27-42(44)51)32-14-4-6-19-38(32)50(41)30-12-2-1-3-13-30/h1-28H. The molecule has 0 saturated heterocycles. The van der Waals surface area contributed by atoms with Crippen LogP contribution in [0.3, 0.4) is 0 Å². The average molecular weight is 773 g/mol. The largest absolute Gasteiger partial charge is 0.309 e. The summed E-state index contributed by atoms with van der Waals surface area (Å²) in [5, 5.41) is 4.79. The highest BCUT2D eigenvalue weighted by molar-refractivity contribution is 7.99. The van der Waals surface area contributed by atoms with E-state index in [2.05, 4.69) is 137 Å². The number of hydrogen-bond donors (Lipinski definition) is 0. The molecule has 2 aromatic heterocycles. The molecule has 2 aliphatic heterocycles. The van der Waals surface area contributed by atoms with E-state index in [1.54, 1.807) is 23.5 Å².